The van der Waals surface area contributed by atoms with E-state index in [1.165, 1.54) is 22.7 Å². The summed E-state index contributed by atoms with van der Waals surface area (Å²) >= 11 is 2.74. The standard InChI is InChI=1S/C16H15N3O2S2/c1-8-9(2)22-15(12(8)13(20)17-3)19-14(21)16-18-10-6-4-5-7-11(10)23-16/h4-7H,1-3H3,(H,17,20)(H,19,21). The van der Waals surface area contributed by atoms with Gasteiger partial charge in [-0.25, -0.2) is 4.98 Å². The number of amides is 2. The predicted molar refractivity (Wildman–Crippen MR) is 94.8 cm³/mol. The van der Waals surface area contributed by atoms with Gasteiger partial charge in [-0.15, -0.1) is 22.7 Å². The number of thiophene rings is 1. The Labute approximate surface area is 141 Å². The molecule has 3 rings (SSSR count). The number of fused-ring (bicyclic) bond motifs is 1. The normalized spacial score (nSPS) is 10.7. The minimum Gasteiger partial charge on any atom is -0.355 e. The van der Waals surface area contributed by atoms with Gasteiger partial charge in [0.15, 0.2) is 5.01 Å². The van der Waals surface area contributed by atoms with Crippen LogP contribution in [0.1, 0.15) is 30.6 Å². The fourth-order valence-electron chi connectivity index (χ4n) is 2.24. The van der Waals surface area contributed by atoms with E-state index in [4.69, 9.17) is 0 Å². The lowest BCUT2D eigenvalue weighted by Crippen LogP contribution is -2.21. The van der Waals surface area contributed by atoms with Crippen LogP contribution in [0.3, 0.4) is 0 Å². The molecule has 3 aromatic rings. The van der Waals surface area contributed by atoms with E-state index in [1.54, 1.807) is 7.05 Å². The van der Waals surface area contributed by atoms with Crippen LogP contribution in [0.25, 0.3) is 10.2 Å². The molecule has 0 fully saturated rings. The minimum absolute atomic E-state index is 0.202. The molecule has 1 aromatic carbocycles. The van der Waals surface area contributed by atoms with Crippen LogP contribution in [-0.2, 0) is 0 Å². The Morgan fingerprint density at radius 3 is 2.52 bits per heavy atom. The van der Waals surface area contributed by atoms with E-state index in [0.29, 0.717) is 15.6 Å². The van der Waals surface area contributed by atoms with Gasteiger partial charge in [-0.2, -0.15) is 0 Å². The molecule has 23 heavy (non-hydrogen) atoms. The number of hydrogen-bond donors (Lipinski definition) is 2. The summed E-state index contributed by atoms with van der Waals surface area (Å²) in [5.74, 6) is -0.496. The monoisotopic (exact) mass is 345 g/mol. The maximum Gasteiger partial charge on any atom is 0.285 e. The maximum absolute atomic E-state index is 12.5. The topological polar surface area (TPSA) is 71.1 Å². The van der Waals surface area contributed by atoms with Crippen molar-refractivity contribution in [3.8, 4) is 0 Å². The number of anilines is 1. The molecule has 0 aliphatic rings. The molecule has 0 saturated carbocycles. The number of carbonyl (C=O) groups is 2. The zero-order valence-corrected chi connectivity index (χ0v) is 14.5. The zero-order chi connectivity index (χ0) is 16.6. The summed E-state index contributed by atoms with van der Waals surface area (Å²) in [6.45, 7) is 3.81. The number of nitrogens with zero attached hydrogens (tertiary/aromatic N) is 1. The van der Waals surface area contributed by atoms with Crippen LogP contribution in [-0.4, -0.2) is 23.8 Å². The molecule has 0 radical (unpaired) electrons. The van der Waals surface area contributed by atoms with Crippen LogP contribution >= 0.6 is 22.7 Å². The predicted octanol–water partition coefficient (Wildman–Crippen LogP) is 3.59. The van der Waals surface area contributed by atoms with E-state index < -0.39 is 0 Å². The number of carbonyl (C=O) groups excluding carboxylic acids is 2. The van der Waals surface area contributed by atoms with E-state index in [9.17, 15) is 9.59 Å². The second kappa shape index (κ2) is 6.10. The fourth-order valence-corrected chi connectivity index (χ4v) is 4.15. The Balaban J connectivity index is 1.94. The van der Waals surface area contributed by atoms with Crippen molar-refractivity contribution in [1.29, 1.82) is 0 Å². The molecule has 0 aliphatic heterocycles. The molecule has 2 N–H and O–H groups in total. The van der Waals surface area contributed by atoms with Crippen LogP contribution in [0.15, 0.2) is 24.3 Å². The van der Waals surface area contributed by atoms with Crippen LogP contribution in [0.4, 0.5) is 5.00 Å². The summed E-state index contributed by atoms with van der Waals surface area (Å²) in [6.07, 6.45) is 0. The third-order valence-electron chi connectivity index (χ3n) is 3.55. The average molecular weight is 345 g/mol. The number of benzene rings is 1. The molecular weight excluding hydrogens is 330 g/mol. The van der Waals surface area contributed by atoms with E-state index in [2.05, 4.69) is 15.6 Å². The third kappa shape index (κ3) is 2.85. The van der Waals surface area contributed by atoms with Gasteiger partial charge in [0.1, 0.15) is 5.00 Å². The fraction of sp³-hybridized carbons (Fsp3) is 0.188. The van der Waals surface area contributed by atoms with E-state index in [1.807, 2.05) is 38.1 Å². The lowest BCUT2D eigenvalue weighted by atomic mass is 10.1. The first-order chi connectivity index (χ1) is 11.0. The molecule has 2 amide bonds. The van der Waals surface area contributed by atoms with E-state index >= 15 is 0 Å². The van der Waals surface area contributed by atoms with Gasteiger partial charge in [-0.1, -0.05) is 12.1 Å². The molecule has 118 valence electrons. The second-order valence-corrected chi connectivity index (χ2v) is 7.26. The van der Waals surface area contributed by atoms with Gasteiger partial charge in [0, 0.05) is 11.9 Å². The van der Waals surface area contributed by atoms with Crippen molar-refractivity contribution in [2.75, 3.05) is 12.4 Å². The Kier molecular flexibility index (Phi) is 4.14. The van der Waals surface area contributed by atoms with Crippen LogP contribution in [0, 0.1) is 13.8 Å². The number of nitrogens with one attached hydrogen (secondary N) is 2. The second-order valence-electron chi connectivity index (χ2n) is 5.01. The highest BCUT2D eigenvalue weighted by Crippen LogP contribution is 2.33. The van der Waals surface area contributed by atoms with Gasteiger partial charge in [0.05, 0.1) is 15.8 Å². The number of rotatable bonds is 3. The van der Waals surface area contributed by atoms with Gasteiger partial charge in [0.2, 0.25) is 0 Å². The van der Waals surface area contributed by atoms with Gasteiger partial charge < -0.3 is 10.6 Å². The highest BCUT2D eigenvalue weighted by molar-refractivity contribution is 7.20. The van der Waals surface area contributed by atoms with Gasteiger partial charge >= 0.3 is 0 Å². The third-order valence-corrected chi connectivity index (χ3v) is 5.71. The summed E-state index contributed by atoms with van der Waals surface area (Å²) in [5, 5.41) is 6.39. The van der Waals surface area contributed by atoms with Crippen molar-refractivity contribution < 1.29 is 9.59 Å². The van der Waals surface area contributed by atoms with Gasteiger partial charge in [0.25, 0.3) is 11.8 Å². The Morgan fingerprint density at radius 1 is 1.09 bits per heavy atom. The molecule has 0 saturated heterocycles. The molecule has 0 atom stereocenters. The highest BCUT2D eigenvalue weighted by atomic mass is 32.1. The van der Waals surface area contributed by atoms with E-state index in [0.717, 1.165) is 20.7 Å². The van der Waals surface area contributed by atoms with Crippen molar-refractivity contribution in [1.82, 2.24) is 10.3 Å². The molecule has 2 aromatic heterocycles. The zero-order valence-electron chi connectivity index (χ0n) is 12.9. The lowest BCUT2D eigenvalue weighted by molar-refractivity contribution is 0.0963. The molecule has 0 bridgehead atoms. The maximum atomic E-state index is 12.5. The molecule has 0 aliphatic carbocycles. The molecule has 7 heteroatoms. The van der Waals surface area contributed by atoms with Crippen LogP contribution < -0.4 is 10.6 Å². The highest BCUT2D eigenvalue weighted by Gasteiger charge is 2.21. The molecule has 2 heterocycles. The first-order valence-corrected chi connectivity index (χ1v) is 8.63. The van der Waals surface area contributed by atoms with Crippen molar-refractivity contribution in [2.45, 2.75) is 13.8 Å². The SMILES string of the molecule is CNC(=O)c1c(NC(=O)c2nc3ccccc3s2)sc(C)c1C. The lowest BCUT2D eigenvalue weighted by Gasteiger charge is -2.05. The van der Waals surface area contributed by atoms with Crippen LogP contribution in [0.2, 0.25) is 0 Å². The number of thiazole rings is 1. The largest absolute Gasteiger partial charge is 0.355 e. The summed E-state index contributed by atoms with van der Waals surface area (Å²) < 4.78 is 0.961. The summed E-state index contributed by atoms with van der Waals surface area (Å²) in [4.78, 5) is 29.9. The summed E-state index contributed by atoms with van der Waals surface area (Å²) in [7, 11) is 1.58. The quantitative estimate of drug-likeness (QED) is 0.762. The number of aryl methyl sites for hydroxylation is 1. The van der Waals surface area contributed by atoms with Crippen molar-refractivity contribution in [3.05, 3.63) is 45.3 Å². The Hall–Kier alpha value is -2.25. The van der Waals surface area contributed by atoms with Gasteiger partial charge in [-0.3, -0.25) is 9.59 Å². The average Bonchev–Trinajstić information content (AvgIpc) is 3.09. The minimum atomic E-state index is -0.294. The van der Waals surface area contributed by atoms with E-state index in [-0.39, 0.29) is 11.8 Å². The molecule has 0 spiro atoms. The summed E-state index contributed by atoms with van der Waals surface area (Å²) in [6, 6.07) is 7.61. The molecule has 5 nitrogen and oxygen atoms in total. The number of aromatic nitrogens is 1. The number of para-hydroxylation sites is 1. The van der Waals surface area contributed by atoms with Crippen molar-refractivity contribution in [2.24, 2.45) is 0 Å². The molecular formula is C16H15N3O2S2. The molecule has 0 unspecified atom stereocenters. The Bertz CT molecular complexity index is 878. The summed E-state index contributed by atoms with van der Waals surface area (Å²) in [5.41, 5.74) is 2.20. The first-order valence-electron chi connectivity index (χ1n) is 7.00. The van der Waals surface area contributed by atoms with Gasteiger partial charge in [-0.05, 0) is 31.5 Å². The smallest absolute Gasteiger partial charge is 0.285 e. The Morgan fingerprint density at radius 2 is 1.83 bits per heavy atom. The van der Waals surface area contributed by atoms with Crippen molar-refractivity contribution in [3.63, 3.8) is 0 Å². The van der Waals surface area contributed by atoms with Crippen molar-refractivity contribution >= 4 is 49.7 Å². The van der Waals surface area contributed by atoms with Crippen LogP contribution in [0.5, 0.6) is 0 Å². The number of hydrogen-bond acceptors (Lipinski definition) is 5. The first kappa shape index (κ1) is 15.6.